The summed E-state index contributed by atoms with van der Waals surface area (Å²) in [5.41, 5.74) is -0.957. The highest BCUT2D eigenvalue weighted by molar-refractivity contribution is 7.81. The van der Waals surface area contributed by atoms with Gasteiger partial charge in [-0.2, -0.15) is 18.4 Å². The van der Waals surface area contributed by atoms with Gasteiger partial charge in [-0.3, -0.25) is 34.3 Å². The molecule has 60 heavy (non-hydrogen) atoms. The first-order valence-corrected chi connectivity index (χ1v) is 20.6. The number of halogens is 4. The van der Waals surface area contributed by atoms with Gasteiger partial charge in [0.25, 0.3) is 5.91 Å². The van der Waals surface area contributed by atoms with Gasteiger partial charge in [0, 0.05) is 40.6 Å². The summed E-state index contributed by atoms with van der Waals surface area (Å²) in [5.74, 6) is -0.302. The van der Waals surface area contributed by atoms with Gasteiger partial charge in [0.05, 0.1) is 30.6 Å². The number of imide groups is 1. The number of carbonyl (C=O) groups excluding carboxylic acids is 4. The molecule has 4 aliphatic rings. The van der Waals surface area contributed by atoms with Crippen LogP contribution in [0.1, 0.15) is 82.5 Å². The zero-order valence-electron chi connectivity index (χ0n) is 33.2. The van der Waals surface area contributed by atoms with Crippen LogP contribution in [0.2, 0.25) is 5.02 Å². The molecular formula is C42H44ClF3N8O5S. The number of hydrogen-bond donors (Lipinski definition) is 3. The van der Waals surface area contributed by atoms with Crippen molar-refractivity contribution in [1.82, 2.24) is 15.2 Å². The van der Waals surface area contributed by atoms with Gasteiger partial charge in [-0.1, -0.05) is 18.5 Å². The van der Waals surface area contributed by atoms with Gasteiger partial charge in [0.1, 0.15) is 23.4 Å². The molecule has 4 fully saturated rings. The number of hydrogen-bond acceptors (Lipinski definition) is 10. The van der Waals surface area contributed by atoms with Gasteiger partial charge in [-0.25, -0.2) is 4.98 Å². The summed E-state index contributed by atoms with van der Waals surface area (Å²) >= 11 is 12.1. The predicted octanol–water partition coefficient (Wildman–Crippen LogP) is 6.97. The quantitative estimate of drug-likeness (QED) is 0.128. The van der Waals surface area contributed by atoms with Crippen molar-refractivity contribution in [2.24, 2.45) is 5.92 Å². The molecule has 3 aromatic rings. The van der Waals surface area contributed by atoms with Crippen LogP contribution in [0.25, 0.3) is 0 Å². The molecule has 5 heterocycles. The first-order chi connectivity index (χ1) is 28.5. The van der Waals surface area contributed by atoms with E-state index in [1.807, 2.05) is 19.1 Å². The van der Waals surface area contributed by atoms with E-state index in [9.17, 15) is 37.6 Å². The van der Waals surface area contributed by atoms with Gasteiger partial charge in [-0.05, 0) is 125 Å². The van der Waals surface area contributed by atoms with Gasteiger partial charge in [0.15, 0.2) is 10.8 Å². The van der Waals surface area contributed by atoms with E-state index in [-0.39, 0.29) is 47.7 Å². The van der Waals surface area contributed by atoms with Gasteiger partial charge >= 0.3 is 6.18 Å². The molecule has 2 aromatic carbocycles. The van der Waals surface area contributed by atoms with Crippen LogP contribution in [-0.4, -0.2) is 75.4 Å². The SMILES string of the molecule is CCc1cc(N2C(=S)N(c3cnc(C#N)c(C(F)(F)F)c3)C(=O)C2(C)C)ccc1OCCC1C[C@H]2CC[C@@H](C1)N2CC(=O)Nc1cc(Cl)cc(NC2CCC(=O)NC2=O)c1. The fourth-order valence-corrected chi connectivity index (χ4v) is 9.58. The van der Waals surface area contributed by atoms with E-state index >= 15 is 0 Å². The van der Waals surface area contributed by atoms with Crippen LogP contribution in [0.5, 0.6) is 5.75 Å². The minimum Gasteiger partial charge on any atom is -0.493 e. The van der Waals surface area contributed by atoms with Crippen LogP contribution in [0.3, 0.4) is 0 Å². The highest BCUT2D eigenvalue weighted by Crippen LogP contribution is 2.42. The van der Waals surface area contributed by atoms with Crippen LogP contribution in [0, 0.1) is 17.2 Å². The Morgan fingerprint density at radius 1 is 1.07 bits per heavy atom. The number of piperidine rings is 2. The number of nitrogens with one attached hydrogen (secondary N) is 3. The second kappa shape index (κ2) is 17.0. The number of fused-ring (bicyclic) bond motifs is 2. The number of carbonyl (C=O) groups is 4. The average molecular weight is 865 g/mol. The lowest BCUT2D eigenvalue weighted by Gasteiger charge is -2.38. The van der Waals surface area contributed by atoms with E-state index in [1.165, 1.54) is 6.07 Å². The number of benzene rings is 2. The molecule has 0 spiro atoms. The number of aryl methyl sites for hydroxylation is 1. The summed E-state index contributed by atoms with van der Waals surface area (Å²) in [7, 11) is 0. The van der Waals surface area contributed by atoms with Crippen LogP contribution in [0.15, 0.2) is 48.7 Å². The number of ether oxygens (including phenoxy) is 1. The van der Waals surface area contributed by atoms with E-state index < -0.39 is 40.8 Å². The number of alkyl halides is 3. The summed E-state index contributed by atoms with van der Waals surface area (Å²) in [6.07, 6.45) is 2.11. The summed E-state index contributed by atoms with van der Waals surface area (Å²) in [5, 5.41) is 18.0. The van der Waals surface area contributed by atoms with Crippen LogP contribution < -0.4 is 30.5 Å². The first kappa shape index (κ1) is 42.8. The molecule has 0 saturated carbocycles. The van der Waals surface area contributed by atoms with Crippen molar-refractivity contribution in [3.8, 4) is 11.8 Å². The molecule has 4 aliphatic heterocycles. The fraction of sp³-hybridized carbons (Fsp3) is 0.452. The molecule has 4 saturated heterocycles. The van der Waals surface area contributed by atoms with Gasteiger partial charge in [0.2, 0.25) is 17.7 Å². The van der Waals surface area contributed by atoms with Gasteiger partial charge < -0.3 is 20.3 Å². The van der Waals surface area contributed by atoms with E-state index in [4.69, 9.17) is 28.6 Å². The normalized spacial score (nSPS) is 22.8. The molecule has 1 aromatic heterocycles. The third-order valence-corrected chi connectivity index (χ3v) is 12.3. The second-order valence-corrected chi connectivity index (χ2v) is 16.9. The van der Waals surface area contributed by atoms with Crippen LogP contribution in [-0.2, 0) is 31.8 Å². The lowest BCUT2D eigenvalue weighted by atomic mass is 9.88. The summed E-state index contributed by atoms with van der Waals surface area (Å²) in [6.45, 7) is 5.99. The second-order valence-electron chi connectivity index (χ2n) is 16.1. The van der Waals surface area contributed by atoms with Crippen molar-refractivity contribution in [3.05, 3.63) is 70.5 Å². The van der Waals surface area contributed by atoms with Crippen molar-refractivity contribution >= 4 is 75.3 Å². The maximum Gasteiger partial charge on any atom is 0.419 e. The number of pyridine rings is 1. The predicted molar refractivity (Wildman–Crippen MR) is 223 cm³/mol. The van der Waals surface area contributed by atoms with Crippen molar-refractivity contribution in [2.45, 2.75) is 102 Å². The summed E-state index contributed by atoms with van der Waals surface area (Å²) in [6, 6.07) is 12.6. The largest absolute Gasteiger partial charge is 0.493 e. The van der Waals surface area contributed by atoms with Crippen molar-refractivity contribution in [2.75, 3.05) is 33.6 Å². The molecular weight excluding hydrogens is 821 g/mol. The topological polar surface area (TPSA) is 160 Å². The van der Waals surface area contributed by atoms with Gasteiger partial charge in [-0.15, -0.1) is 0 Å². The molecule has 4 atom stereocenters. The lowest BCUT2D eigenvalue weighted by molar-refractivity contribution is -0.138. The minimum atomic E-state index is -4.86. The molecule has 13 nitrogen and oxygen atoms in total. The van der Waals surface area contributed by atoms with E-state index in [2.05, 4.69) is 25.8 Å². The Bertz CT molecular complexity index is 2270. The molecule has 4 amide bonds. The Balaban J connectivity index is 0.937. The number of rotatable bonds is 12. The third kappa shape index (κ3) is 8.77. The van der Waals surface area contributed by atoms with Crippen molar-refractivity contribution < 1.29 is 37.1 Å². The number of nitriles is 1. The summed E-state index contributed by atoms with van der Waals surface area (Å²) in [4.78, 5) is 59.3. The zero-order chi connectivity index (χ0) is 43.1. The first-order valence-electron chi connectivity index (χ1n) is 19.8. The molecule has 7 rings (SSSR count). The monoisotopic (exact) mass is 864 g/mol. The van der Waals surface area contributed by atoms with E-state index in [0.29, 0.717) is 53.2 Å². The van der Waals surface area contributed by atoms with Crippen molar-refractivity contribution in [3.63, 3.8) is 0 Å². The molecule has 2 bridgehead atoms. The van der Waals surface area contributed by atoms with Crippen LogP contribution >= 0.6 is 23.8 Å². The molecule has 2 unspecified atom stereocenters. The molecule has 0 aliphatic carbocycles. The Morgan fingerprint density at radius 3 is 2.45 bits per heavy atom. The maximum absolute atomic E-state index is 13.8. The number of thiocarbonyl (C=S) groups is 1. The molecule has 18 heteroatoms. The number of anilines is 4. The van der Waals surface area contributed by atoms with Crippen molar-refractivity contribution in [1.29, 1.82) is 5.26 Å². The molecule has 3 N–H and O–H groups in total. The third-order valence-electron chi connectivity index (χ3n) is 11.7. The Hall–Kier alpha value is -5.31. The van der Waals surface area contributed by atoms with Crippen LogP contribution in [0.4, 0.5) is 35.9 Å². The Morgan fingerprint density at radius 2 is 1.78 bits per heavy atom. The van der Waals surface area contributed by atoms with E-state index in [0.717, 1.165) is 54.8 Å². The highest BCUT2D eigenvalue weighted by atomic mass is 35.5. The lowest BCUT2D eigenvalue weighted by Crippen LogP contribution is -2.47. The molecule has 0 radical (unpaired) electrons. The van der Waals surface area contributed by atoms with E-state index in [1.54, 1.807) is 43.0 Å². The average Bonchev–Trinajstić information content (AvgIpc) is 3.51. The zero-order valence-corrected chi connectivity index (χ0v) is 34.8. The minimum absolute atomic E-state index is 0.0169. The maximum atomic E-state index is 13.8. The molecule has 316 valence electrons. The highest BCUT2D eigenvalue weighted by Gasteiger charge is 2.51. The number of nitrogens with zero attached hydrogens (tertiary/aromatic N) is 5. The number of aromatic nitrogens is 1. The fourth-order valence-electron chi connectivity index (χ4n) is 8.82. The number of amides is 4. The Kier molecular flexibility index (Phi) is 12.1. The standard InChI is InChI=1S/C42H44ClF3N8O5S/c1-4-24-15-30(54-40(60)53(39(58)41(54,2)3)31-19-32(42(44,45)46)34(20-47)48-21-31)7-9-35(24)59-12-11-23-13-28-5-6-29(14-23)52(28)22-37(56)50-27-17-25(43)16-26(18-27)49-33-8-10-36(55)51-38(33)57/h7,9,15-19,21,23,28-29,33,49H,4-6,8,10-14,22H2,1-3H3,(H,50,56)(H,51,55,57)/t23?,28-,29+,33?. The Labute approximate surface area is 355 Å². The smallest absolute Gasteiger partial charge is 0.419 e. The summed E-state index contributed by atoms with van der Waals surface area (Å²) < 4.78 is 47.6.